The number of likely N-dealkylation sites (N-methyl/N-ethyl adjacent to an activating group) is 1. The lowest BCUT2D eigenvalue weighted by Crippen LogP contribution is -2.44. The van der Waals surface area contributed by atoms with E-state index in [1.165, 1.54) is 6.07 Å². The van der Waals surface area contributed by atoms with Crippen LogP contribution in [0.15, 0.2) is 23.3 Å². The summed E-state index contributed by atoms with van der Waals surface area (Å²) in [6, 6.07) is 2.73. The molecule has 28 heavy (non-hydrogen) atoms. The molecule has 160 valence electrons. The number of alkyl halides is 3. The van der Waals surface area contributed by atoms with Crippen molar-refractivity contribution >= 4 is 29.9 Å². The lowest BCUT2D eigenvalue weighted by atomic mass is 10.2. The van der Waals surface area contributed by atoms with E-state index in [0.29, 0.717) is 12.6 Å². The largest absolute Gasteiger partial charge is 0.476 e. The molecule has 0 aliphatic carbocycles. The molecule has 1 aliphatic heterocycles. The van der Waals surface area contributed by atoms with Crippen LogP contribution >= 0.6 is 24.0 Å². The van der Waals surface area contributed by atoms with Gasteiger partial charge in [0.25, 0.3) is 0 Å². The Morgan fingerprint density at radius 3 is 2.61 bits per heavy atom. The van der Waals surface area contributed by atoms with Crippen LogP contribution in [0.4, 0.5) is 13.2 Å². The Morgan fingerprint density at radius 2 is 2.07 bits per heavy atom. The number of halogens is 4. The number of aromatic nitrogens is 1. The van der Waals surface area contributed by atoms with Crippen LogP contribution in [0.25, 0.3) is 0 Å². The fraction of sp³-hybridized carbons (Fsp3) is 0.667. The molecule has 1 aliphatic rings. The van der Waals surface area contributed by atoms with Crippen molar-refractivity contribution in [3.63, 3.8) is 0 Å². The number of pyridine rings is 1. The molecule has 6 nitrogen and oxygen atoms in total. The van der Waals surface area contributed by atoms with E-state index in [-0.39, 0.29) is 36.5 Å². The Bertz CT molecular complexity index is 608. The first-order valence-corrected chi connectivity index (χ1v) is 9.24. The maximum absolute atomic E-state index is 12.5. The summed E-state index contributed by atoms with van der Waals surface area (Å²) >= 11 is 0. The van der Waals surface area contributed by atoms with Gasteiger partial charge in [0.05, 0.1) is 12.1 Å². The highest BCUT2D eigenvalue weighted by atomic mass is 127. The van der Waals surface area contributed by atoms with E-state index < -0.39 is 11.7 Å². The average Bonchev–Trinajstić information content (AvgIpc) is 3.12. The number of nitrogens with zero attached hydrogens (tertiary/aromatic N) is 4. The Kier molecular flexibility index (Phi) is 10.3. The van der Waals surface area contributed by atoms with Crippen molar-refractivity contribution in [1.82, 2.24) is 20.1 Å². The summed E-state index contributed by atoms with van der Waals surface area (Å²) in [6.07, 6.45) is -2.51. The number of hydrogen-bond acceptors (Lipinski definition) is 4. The molecule has 0 saturated carbocycles. The fourth-order valence-corrected chi connectivity index (χ4v) is 3.26. The molecule has 2 heterocycles. The van der Waals surface area contributed by atoms with Gasteiger partial charge in [-0.05, 0) is 25.6 Å². The van der Waals surface area contributed by atoms with E-state index in [0.717, 1.165) is 50.8 Å². The van der Waals surface area contributed by atoms with E-state index in [1.54, 1.807) is 7.05 Å². The zero-order valence-corrected chi connectivity index (χ0v) is 18.8. The SMILES string of the molecule is CCN(CC)C1CCN(C(=NC)NCCOc2ccc(C(F)(F)F)cn2)C1.I. The van der Waals surface area contributed by atoms with Crippen LogP contribution in [-0.2, 0) is 6.18 Å². The van der Waals surface area contributed by atoms with E-state index in [2.05, 4.69) is 38.9 Å². The molecule has 10 heteroatoms. The summed E-state index contributed by atoms with van der Waals surface area (Å²) in [5, 5.41) is 3.24. The molecule has 1 aromatic heterocycles. The minimum absolute atomic E-state index is 0. The van der Waals surface area contributed by atoms with E-state index >= 15 is 0 Å². The molecule has 1 atom stereocenters. The van der Waals surface area contributed by atoms with E-state index in [1.807, 2.05) is 0 Å². The van der Waals surface area contributed by atoms with Gasteiger partial charge in [-0.3, -0.25) is 9.89 Å². The third-order valence-electron chi connectivity index (χ3n) is 4.70. The zero-order chi connectivity index (χ0) is 19.9. The van der Waals surface area contributed by atoms with Gasteiger partial charge in [0.2, 0.25) is 5.88 Å². The van der Waals surface area contributed by atoms with Crippen LogP contribution < -0.4 is 10.1 Å². The first-order chi connectivity index (χ1) is 12.9. The summed E-state index contributed by atoms with van der Waals surface area (Å²) < 4.78 is 42.9. The topological polar surface area (TPSA) is 53.0 Å². The number of likely N-dealkylation sites (tertiary alicyclic amines) is 1. The Labute approximate surface area is 181 Å². The van der Waals surface area contributed by atoms with Crippen molar-refractivity contribution in [2.45, 2.75) is 32.5 Å². The molecule has 0 aromatic carbocycles. The lowest BCUT2D eigenvalue weighted by Gasteiger charge is -2.27. The summed E-state index contributed by atoms with van der Waals surface area (Å²) in [7, 11) is 1.74. The normalized spacial score (nSPS) is 17.6. The van der Waals surface area contributed by atoms with Crippen LogP contribution in [0.1, 0.15) is 25.8 Å². The molecule has 1 unspecified atom stereocenters. The summed E-state index contributed by atoms with van der Waals surface area (Å²) in [5.74, 6) is 0.983. The van der Waals surface area contributed by atoms with Crippen LogP contribution in [0.2, 0.25) is 0 Å². The molecule has 1 aromatic rings. The van der Waals surface area contributed by atoms with E-state index in [9.17, 15) is 13.2 Å². The van der Waals surface area contributed by atoms with Gasteiger partial charge in [-0.2, -0.15) is 13.2 Å². The third kappa shape index (κ3) is 6.94. The molecule has 1 saturated heterocycles. The van der Waals surface area contributed by atoms with Crippen molar-refractivity contribution in [3.8, 4) is 5.88 Å². The highest BCUT2D eigenvalue weighted by Crippen LogP contribution is 2.29. The molecule has 0 amide bonds. The van der Waals surface area contributed by atoms with Crippen LogP contribution in [0, 0.1) is 0 Å². The molecular weight excluding hydrogens is 486 g/mol. The van der Waals surface area contributed by atoms with Gasteiger partial charge in [-0.1, -0.05) is 13.8 Å². The number of guanidine groups is 1. The highest BCUT2D eigenvalue weighted by Gasteiger charge is 2.31. The standard InChI is InChI=1S/C18H28F3N5O.HI/c1-4-25(5-2)15-8-10-26(13-15)17(22-3)23-9-11-27-16-7-6-14(12-24-16)18(19,20)21;/h6-7,12,15H,4-5,8-11,13H2,1-3H3,(H,22,23);1H. The smallest absolute Gasteiger partial charge is 0.417 e. The van der Waals surface area contributed by atoms with Crippen molar-refractivity contribution in [2.75, 3.05) is 46.4 Å². The van der Waals surface area contributed by atoms with Gasteiger partial charge < -0.3 is 15.0 Å². The van der Waals surface area contributed by atoms with E-state index in [4.69, 9.17) is 4.74 Å². The van der Waals surface area contributed by atoms with Crippen LogP contribution in [0.3, 0.4) is 0 Å². The first kappa shape index (κ1) is 24.7. The van der Waals surface area contributed by atoms with Crippen molar-refractivity contribution < 1.29 is 17.9 Å². The first-order valence-electron chi connectivity index (χ1n) is 9.24. The lowest BCUT2D eigenvalue weighted by molar-refractivity contribution is -0.137. The van der Waals surface area contributed by atoms with Crippen molar-refractivity contribution in [1.29, 1.82) is 0 Å². The summed E-state index contributed by atoms with van der Waals surface area (Å²) in [4.78, 5) is 12.7. The van der Waals surface area contributed by atoms with Crippen molar-refractivity contribution in [2.24, 2.45) is 4.99 Å². The molecule has 0 bridgehead atoms. The predicted molar refractivity (Wildman–Crippen MR) is 114 cm³/mol. The van der Waals surface area contributed by atoms with Gasteiger partial charge in [0.15, 0.2) is 5.96 Å². The number of ether oxygens (including phenoxy) is 1. The van der Waals surface area contributed by atoms with Crippen molar-refractivity contribution in [3.05, 3.63) is 23.9 Å². The van der Waals surface area contributed by atoms with Gasteiger partial charge in [-0.25, -0.2) is 4.98 Å². The van der Waals surface area contributed by atoms with Gasteiger partial charge in [-0.15, -0.1) is 24.0 Å². The summed E-state index contributed by atoms with van der Waals surface area (Å²) in [5.41, 5.74) is -0.787. The number of rotatable bonds is 7. The second kappa shape index (κ2) is 11.6. The predicted octanol–water partition coefficient (Wildman–Crippen LogP) is 3.09. The minimum Gasteiger partial charge on any atom is -0.476 e. The van der Waals surface area contributed by atoms with Crippen LogP contribution in [0.5, 0.6) is 5.88 Å². The zero-order valence-electron chi connectivity index (χ0n) is 16.5. The number of hydrogen-bond donors (Lipinski definition) is 1. The summed E-state index contributed by atoms with van der Waals surface area (Å²) in [6.45, 7) is 9.07. The molecule has 1 N–H and O–H groups in total. The average molecular weight is 515 g/mol. The quantitative estimate of drug-likeness (QED) is 0.262. The monoisotopic (exact) mass is 515 g/mol. The molecule has 0 spiro atoms. The minimum atomic E-state index is -4.39. The fourth-order valence-electron chi connectivity index (χ4n) is 3.26. The van der Waals surface area contributed by atoms with Gasteiger partial charge in [0.1, 0.15) is 6.61 Å². The Morgan fingerprint density at radius 1 is 1.36 bits per heavy atom. The highest BCUT2D eigenvalue weighted by molar-refractivity contribution is 14.0. The maximum atomic E-state index is 12.5. The Hall–Kier alpha value is -1.30. The maximum Gasteiger partial charge on any atom is 0.417 e. The van der Waals surface area contributed by atoms with Gasteiger partial charge in [0, 0.05) is 38.4 Å². The second-order valence-corrected chi connectivity index (χ2v) is 6.32. The number of aliphatic imine (C=N–C) groups is 1. The Balaban J connectivity index is 0.00000392. The molecule has 0 radical (unpaired) electrons. The van der Waals surface area contributed by atoms with Crippen LogP contribution in [-0.4, -0.2) is 73.2 Å². The molecule has 1 fully saturated rings. The van der Waals surface area contributed by atoms with Gasteiger partial charge >= 0.3 is 6.18 Å². The third-order valence-corrected chi connectivity index (χ3v) is 4.70. The number of nitrogens with one attached hydrogen (secondary N) is 1. The second-order valence-electron chi connectivity index (χ2n) is 6.32. The molecule has 2 rings (SSSR count). The molecular formula is C18H29F3IN5O.